The maximum Gasteiger partial charge on any atom is 0.126 e. The minimum atomic E-state index is -1.14. The van der Waals surface area contributed by atoms with Crippen LogP contribution in [0, 0.1) is 18.6 Å². The number of aryl methyl sites for hydroxylation is 1. The number of methoxy groups -OCH3 is 1. The van der Waals surface area contributed by atoms with Gasteiger partial charge in [0.05, 0.1) is 7.11 Å². The fourth-order valence-electron chi connectivity index (χ4n) is 1.88. The second kappa shape index (κ2) is 5.36. The first-order valence-electron chi connectivity index (χ1n) is 5.80. The third-order valence-electron chi connectivity index (χ3n) is 3.00. The normalized spacial score (nSPS) is 12.3. The maximum atomic E-state index is 13.5. The van der Waals surface area contributed by atoms with E-state index in [-0.39, 0.29) is 5.56 Å². The van der Waals surface area contributed by atoms with Crippen molar-refractivity contribution < 1.29 is 18.6 Å². The average molecular weight is 264 g/mol. The van der Waals surface area contributed by atoms with Gasteiger partial charge >= 0.3 is 0 Å². The number of hydrogen-bond donors (Lipinski definition) is 1. The molecule has 0 fully saturated rings. The predicted molar refractivity (Wildman–Crippen MR) is 68.2 cm³/mol. The van der Waals surface area contributed by atoms with Crippen molar-refractivity contribution in [2.45, 2.75) is 13.0 Å². The van der Waals surface area contributed by atoms with E-state index in [4.69, 9.17) is 4.74 Å². The lowest BCUT2D eigenvalue weighted by molar-refractivity contribution is 0.213. The molecule has 100 valence electrons. The summed E-state index contributed by atoms with van der Waals surface area (Å²) in [5.74, 6) is -0.538. The molecule has 19 heavy (non-hydrogen) atoms. The number of aliphatic hydroxyl groups excluding tert-OH is 1. The Hall–Kier alpha value is -1.94. The monoisotopic (exact) mass is 264 g/mol. The molecule has 1 atom stereocenters. The highest BCUT2D eigenvalue weighted by Crippen LogP contribution is 2.31. The topological polar surface area (TPSA) is 29.5 Å². The SMILES string of the molecule is COc1ccc(F)cc1C(O)c1ccc(C)c(F)c1. The second-order valence-corrected chi connectivity index (χ2v) is 4.30. The Labute approximate surface area is 110 Å². The van der Waals surface area contributed by atoms with E-state index in [0.29, 0.717) is 16.9 Å². The van der Waals surface area contributed by atoms with E-state index < -0.39 is 17.7 Å². The molecule has 0 amide bonds. The van der Waals surface area contributed by atoms with Crippen LogP contribution in [0.2, 0.25) is 0 Å². The van der Waals surface area contributed by atoms with E-state index in [1.165, 1.54) is 31.4 Å². The van der Waals surface area contributed by atoms with Gasteiger partial charge in [-0.05, 0) is 42.3 Å². The van der Waals surface area contributed by atoms with Crippen molar-refractivity contribution in [1.82, 2.24) is 0 Å². The number of benzene rings is 2. The highest BCUT2D eigenvalue weighted by atomic mass is 19.1. The lowest BCUT2D eigenvalue weighted by atomic mass is 9.99. The Morgan fingerprint density at radius 2 is 1.84 bits per heavy atom. The predicted octanol–water partition coefficient (Wildman–Crippen LogP) is 3.36. The Bertz CT molecular complexity index is 597. The zero-order chi connectivity index (χ0) is 14.0. The van der Waals surface area contributed by atoms with Gasteiger partial charge in [-0.2, -0.15) is 0 Å². The lowest BCUT2D eigenvalue weighted by Crippen LogP contribution is -2.04. The van der Waals surface area contributed by atoms with Crippen LogP contribution in [-0.4, -0.2) is 12.2 Å². The molecule has 2 aromatic carbocycles. The summed E-state index contributed by atoms with van der Waals surface area (Å²) in [7, 11) is 1.43. The molecule has 0 aromatic heterocycles. The quantitative estimate of drug-likeness (QED) is 0.921. The standard InChI is InChI=1S/C15H14F2O2/c1-9-3-4-10(7-13(9)17)15(18)12-8-11(16)5-6-14(12)19-2/h3-8,15,18H,1-2H3. The molecule has 2 aromatic rings. The van der Waals surface area contributed by atoms with Gasteiger partial charge in [0, 0.05) is 5.56 Å². The van der Waals surface area contributed by atoms with E-state index in [0.717, 1.165) is 0 Å². The summed E-state index contributed by atoms with van der Waals surface area (Å²) in [5, 5.41) is 10.2. The zero-order valence-corrected chi connectivity index (χ0v) is 10.7. The molecule has 1 unspecified atom stereocenters. The van der Waals surface area contributed by atoms with Gasteiger partial charge in [-0.3, -0.25) is 0 Å². The van der Waals surface area contributed by atoms with Crippen LogP contribution in [0.1, 0.15) is 22.8 Å². The van der Waals surface area contributed by atoms with Crippen LogP contribution in [0.5, 0.6) is 5.75 Å². The Morgan fingerprint density at radius 3 is 2.47 bits per heavy atom. The van der Waals surface area contributed by atoms with Gasteiger partial charge < -0.3 is 9.84 Å². The van der Waals surface area contributed by atoms with Crippen molar-refractivity contribution in [1.29, 1.82) is 0 Å². The number of rotatable bonds is 3. The molecule has 0 bridgehead atoms. The summed E-state index contributed by atoms with van der Waals surface area (Å²) < 4.78 is 31.8. The zero-order valence-electron chi connectivity index (χ0n) is 10.7. The fourth-order valence-corrected chi connectivity index (χ4v) is 1.88. The third kappa shape index (κ3) is 2.74. The second-order valence-electron chi connectivity index (χ2n) is 4.30. The lowest BCUT2D eigenvalue weighted by Gasteiger charge is -2.15. The van der Waals surface area contributed by atoms with Crippen LogP contribution in [0.3, 0.4) is 0 Å². The van der Waals surface area contributed by atoms with Crippen molar-refractivity contribution in [3.63, 3.8) is 0 Å². The van der Waals surface area contributed by atoms with Gasteiger partial charge in [-0.1, -0.05) is 12.1 Å². The van der Waals surface area contributed by atoms with Crippen molar-refractivity contribution in [3.8, 4) is 5.75 Å². The van der Waals surface area contributed by atoms with Gasteiger partial charge in [-0.15, -0.1) is 0 Å². The molecule has 0 aliphatic carbocycles. The molecule has 0 aliphatic heterocycles. The molecule has 2 nitrogen and oxygen atoms in total. The third-order valence-corrected chi connectivity index (χ3v) is 3.00. The Kier molecular flexibility index (Phi) is 3.81. The first-order valence-corrected chi connectivity index (χ1v) is 5.80. The first-order chi connectivity index (χ1) is 9.02. The maximum absolute atomic E-state index is 13.5. The van der Waals surface area contributed by atoms with Crippen LogP contribution in [0.25, 0.3) is 0 Å². The van der Waals surface area contributed by atoms with Crippen molar-refractivity contribution in [3.05, 3.63) is 64.7 Å². The molecular formula is C15H14F2O2. The van der Waals surface area contributed by atoms with Crippen molar-refractivity contribution >= 4 is 0 Å². The molecule has 0 heterocycles. The summed E-state index contributed by atoms with van der Waals surface area (Å²) in [4.78, 5) is 0. The minimum absolute atomic E-state index is 0.269. The van der Waals surface area contributed by atoms with Crippen LogP contribution < -0.4 is 4.74 Å². The van der Waals surface area contributed by atoms with Gasteiger partial charge in [-0.25, -0.2) is 8.78 Å². The average Bonchev–Trinajstić information content (AvgIpc) is 2.41. The molecular weight excluding hydrogens is 250 g/mol. The fraction of sp³-hybridized carbons (Fsp3) is 0.200. The molecule has 0 aliphatic rings. The van der Waals surface area contributed by atoms with Crippen LogP contribution >= 0.6 is 0 Å². The minimum Gasteiger partial charge on any atom is -0.496 e. The van der Waals surface area contributed by atoms with E-state index in [2.05, 4.69) is 0 Å². The number of ether oxygens (including phenoxy) is 1. The van der Waals surface area contributed by atoms with Crippen LogP contribution in [0.4, 0.5) is 8.78 Å². The Balaban J connectivity index is 2.45. The molecule has 0 saturated carbocycles. The van der Waals surface area contributed by atoms with Gasteiger partial charge in [0.1, 0.15) is 23.5 Å². The number of aliphatic hydroxyl groups is 1. The molecule has 4 heteroatoms. The molecule has 0 spiro atoms. The summed E-state index contributed by atoms with van der Waals surface area (Å²) >= 11 is 0. The van der Waals surface area contributed by atoms with Gasteiger partial charge in [0.25, 0.3) is 0 Å². The summed E-state index contributed by atoms with van der Waals surface area (Å²) in [6.07, 6.45) is -1.14. The smallest absolute Gasteiger partial charge is 0.126 e. The summed E-state index contributed by atoms with van der Waals surface area (Å²) in [6, 6.07) is 8.27. The van der Waals surface area contributed by atoms with Crippen molar-refractivity contribution in [2.75, 3.05) is 7.11 Å². The molecule has 2 rings (SSSR count). The highest BCUT2D eigenvalue weighted by molar-refractivity contribution is 5.41. The summed E-state index contributed by atoms with van der Waals surface area (Å²) in [6.45, 7) is 1.63. The van der Waals surface area contributed by atoms with Crippen LogP contribution in [0.15, 0.2) is 36.4 Å². The van der Waals surface area contributed by atoms with Crippen LogP contribution in [-0.2, 0) is 0 Å². The molecule has 0 radical (unpaired) electrons. The molecule has 0 saturated heterocycles. The van der Waals surface area contributed by atoms with Gasteiger partial charge in [0.15, 0.2) is 0 Å². The number of halogens is 2. The van der Waals surface area contributed by atoms with E-state index in [1.54, 1.807) is 19.1 Å². The highest BCUT2D eigenvalue weighted by Gasteiger charge is 2.17. The van der Waals surface area contributed by atoms with E-state index in [9.17, 15) is 13.9 Å². The van der Waals surface area contributed by atoms with Gasteiger partial charge in [0.2, 0.25) is 0 Å². The largest absolute Gasteiger partial charge is 0.496 e. The Morgan fingerprint density at radius 1 is 1.11 bits per heavy atom. The van der Waals surface area contributed by atoms with E-state index in [1.807, 2.05) is 0 Å². The number of hydrogen-bond acceptors (Lipinski definition) is 2. The van der Waals surface area contributed by atoms with Crippen molar-refractivity contribution in [2.24, 2.45) is 0 Å². The summed E-state index contributed by atoms with van der Waals surface area (Å²) in [5.41, 5.74) is 1.11. The molecule has 1 N–H and O–H groups in total. The first kappa shape index (κ1) is 13.5. The van der Waals surface area contributed by atoms with E-state index >= 15 is 0 Å².